The molecular weight excluding hydrogens is 332 g/mol. The Kier molecular flexibility index (Phi) is 5.66. The number of imidazole rings is 1. The smallest absolute Gasteiger partial charge is 0.252 e. The molecule has 2 aromatic heterocycles. The number of rotatable bonds is 6. The van der Waals surface area contributed by atoms with Crippen molar-refractivity contribution in [2.45, 2.75) is 25.4 Å². The molecule has 2 N–H and O–H groups in total. The first-order valence-corrected chi connectivity index (χ1v) is 8.25. The van der Waals surface area contributed by atoms with Crippen molar-refractivity contribution in [2.24, 2.45) is 0 Å². The van der Waals surface area contributed by atoms with E-state index in [9.17, 15) is 4.79 Å². The van der Waals surface area contributed by atoms with E-state index >= 15 is 0 Å². The number of nitrogens with zero attached hydrogens (tertiary/aromatic N) is 2. The van der Waals surface area contributed by atoms with Gasteiger partial charge in [-0.2, -0.15) is 0 Å². The molecular formula is C16H19ClN4O3. The van der Waals surface area contributed by atoms with Crippen LogP contribution in [0.2, 0.25) is 5.02 Å². The van der Waals surface area contributed by atoms with Crippen LogP contribution in [0.1, 0.15) is 28.9 Å². The zero-order valence-electron chi connectivity index (χ0n) is 13.1. The second kappa shape index (κ2) is 8.12. The number of amides is 1. The van der Waals surface area contributed by atoms with Crippen LogP contribution >= 0.6 is 11.6 Å². The average molecular weight is 351 g/mol. The molecule has 1 amide bonds. The summed E-state index contributed by atoms with van der Waals surface area (Å²) < 4.78 is 11.1. The quantitative estimate of drug-likeness (QED) is 0.831. The van der Waals surface area contributed by atoms with Crippen LogP contribution in [0.4, 0.5) is 0 Å². The topological polar surface area (TPSA) is 89.1 Å². The zero-order chi connectivity index (χ0) is 16.8. The van der Waals surface area contributed by atoms with Crippen molar-refractivity contribution in [1.29, 1.82) is 0 Å². The molecule has 0 unspecified atom stereocenters. The van der Waals surface area contributed by atoms with E-state index in [1.807, 2.05) is 0 Å². The lowest BCUT2D eigenvalue weighted by atomic mass is 10.1. The largest absolute Gasteiger partial charge is 0.473 e. The van der Waals surface area contributed by atoms with Gasteiger partial charge in [0.05, 0.1) is 25.1 Å². The number of nitrogens with one attached hydrogen (secondary N) is 2. The van der Waals surface area contributed by atoms with Gasteiger partial charge >= 0.3 is 0 Å². The molecule has 3 heterocycles. The van der Waals surface area contributed by atoms with Crippen molar-refractivity contribution in [3.05, 3.63) is 41.1 Å². The van der Waals surface area contributed by atoms with Crippen LogP contribution in [-0.2, 0) is 11.2 Å². The number of hydrogen-bond acceptors (Lipinski definition) is 5. The van der Waals surface area contributed by atoms with Gasteiger partial charge in [0, 0.05) is 43.9 Å². The minimum atomic E-state index is -0.221. The Bertz CT molecular complexity index is 672. The van der Waals surface area contributed by atoms with Crippen LogP contribution in [0.25, 0.3) is 0 Å². The van der Waals surface area contributed by atoms with Crippen LogP contribution in [0.15, 0.2) is 24.8 Å². The number of ether oxygens (including phenoxy) is 2. The maximum absolute atomic E-state index is 12.1. The fourth-order valence-corrected chi connectivity index (χ4v) is 2.63. The molecule has 0 aromatic carbocycles. The van der Waals surface area contributed by atoms with Crippen LogP contribution in [0.5, 0.6) is 5.88 Å². The minimum absolute atomic E-state index is 0.0535. The van der Waals surface area contributed by atoms with Gasteiger partial charge in [0.25, 0.3) is 5.91 Å². The Morgan fingerprint density at radius 1 is 1.42 bits per heavy atom. The first-order valence-electron chi connectivity index (χ1n) is 7.88. The SMILES string of the molecule is O=C(NCCc1cnc[nH]1)c1cnc(OC2CCOCC2)c(Cl)c1. The second-order valence-corrected chi connectivity index (χ2v) is 5.93. The third kappa shape index (κ3) is 4.46. The van der Waals surface area contributed by atoms with Gasteiger partial charge in [0.2, 0.25) is 5.88 Å². The van der Waals surface area contributed by atoms with Crippen molar-refractivity contribution >= 4 is 17.5 Å². The third-order valence-electron chi connectivity index (χ3n) is 3.75. The molecule has 0 spiro atoms. The number of carbonyl (C=O) groups excluding carboxylic acids is 1. The van der Waals surface area contributed by atoms with Crippen LogP contribution in [0, 0.1) is 0 Å². The van der Waals surface area contributed by atoms with E-state index in [2.05, 4.69) is 20.3 Å². The minimum Gasteiger partial charge on any atom is -0.473 e. The summed E-state index contributed by atoms with van der Waals surface area (Å²) in [6.45, 7) is 1.86. The molecule has 1 fully saturated rings. The Morgan fingerprint density at radius 3 is 2.96 bits per heavy atom. The van der Waals surface area contributed by atoms with Crippen LogP contribution in [0.3, 0.4) is 0 Å². The molecule has 24 heavy (non-hydrogen) atoms. The Balaban J connectivity index is 1.53. The molecule has 1 saturated heterocycles. The molecule has 0 radical (unpaired) electrons. The van der Waals surface area contributed by atoms with E-state index in [-0.39, 0.29) is 12.0 Å². The normalized spacial score (nSPS) is 15.2. The summed E-state index contributed by atoms with van der Waals surface area (Å²) in [5.41, 5.74) is 1.37. The molecule has 0 atom stereocenters. The number of H-pyrrole nitrogens is 1. The van der Waals surface area contributed by atoms with Crippen molar-refractivity contribution in [3.63, 3.8) is 0 Å². The molecule has 2 aromatic rings. The van der Waals surface area contributed by atoms with E-state index in [1.54, 1.807) is 18.6 Å². The first kappa shape index (κ1) is 16.7. The van der Waals surface area contributed by atoms with Gasteiger partial charge in [-0.25, -0.2) is 9.97 Å². The number of halogens is 1. The molecule has 7 nitrogen and oxygen atoms in total. The van der Waals surface area contributed by atoms with E-state index in [1.165, 1.54) is 6.20 Å². The van der Waals surface area contributed by atoms with Gasteiger partial charge in [-0.3, -0.25) is 4.79 Å². The highest BCUT2D eigenvalue weighted by molar-refractivity contribution is 6.32. The standard InChI is InChI=1S/C16H19ClN4O3/c17-14-7-11(15(22)19-4-1-12-9-18-10-21-12)8-20-16(14)24-13-2-5-23-6-3-13/h7-10,13H,1-6H2,(H,18,21)(H,19,22). The lowest BCUT2D eigenvalue weighted by Gasteiger charge is -2.23. The lowest BCUT2D eigenvalue weighted by molar-refractivity contribution is 0.0238. The monoisotopic (exact) mass is 350 g/mol. The summed E-state index contributed by atoms with van der Waals surface area (Å²) in [6.07, 6.45) is 7.18. The number of pyridine rings is 1. The lowest BCUT2D eigenvalue weighted by Crippen LogP contribution is -2.27. The third-order valence-corrected chi connectivity index (χ3v) is 4.02. The maximum atomic E-state index is 12.1. The van der Waals surface area contributed by atoms with E-state index < -0.39 is 0 Å². The molecule has 8 heteroatoms. The van der Waals surface area contributed by atoms with E-state index in [4.69, 9.17) is 21.1 Å². The van der Waals surface area contributed by atoms with Gasteiger partial charge in [0.15, 0.2) is 0 Å². The van der Waals surface area contributed by atoms with E-state index in [0.717, 1.165) is 18.5 Å². The highest BCUT2D eigenvalue weighted by Gasteiger charge is 2.18. The van der Waals surface area contributed by atoms with Gasteiger partial charge in [-0.1, -0.05) is 11.6 Å². The van der Waals surface area contributed by atoms with Gasteiger partial charge in [-0.05, 0) is 6.07 Å². The molecule has 0 aliphatic carbocycles. The Hall–Kier alpha value is -2.12. The number of aromatic nitrogens is 3. The average Bonchev–Trinajstić information content (AvgIpc) is 3.11. The summed E-state index contributed by atoms with van der Waals surface area (Å²) in [7, 11) is 0. The highest BCUT2D eigenvalue weighted by atomic mass is 35.5. The molecule has 0 saturated carbocycles. The number of aromatic amines is 1. The van der Waals surface area contributed by atoms with Crippen LogP contribution < -0.4 is 10.1 Å². The zero-order valence-corrected chi connectivity index (χ0v) is 13.9. The molecule has 0 bridgehead atoms. The summed E-state index contributed by atoms with van der Waals surface area (Å²) in [4.78, 5) is 23.2. The Morgan fingerprint density at radius 2 is 2.25 bits per heavy atom. The summed E-state index contributed by atoms with van der Waals surface area (Å²) in [6, 6.07) is 1.58. The summed E-state index contributed by atoms with van der Waals surface area (Å²) >= 11 is 6.20. The molecule has 3 rings (SSSR count). The first-order chi connectivity index (χ1) is 11.7. The van der Waals surface area contributed by atoms with E-state index in [0.29, 0.717) is 42.6 Å². The van der Waals surface area contributed by atoms with Crippen LogP contribution in [-0.4, -0.2) is 46.7 Å². The van der Waals surface area contributed by atoms with Crippen molar-refractivity contribution in [2.75, 3.05) is 19.8 Å². The summed E-state index contributed by atoms with van der Waals surface area (Å²) in [5.74, 6) is 0.138. The fraction of sp³-hybridized carbons (Fsp3) is 0.438. The molecule has 1 aliphatic rings. The molecule has 128 valence electrons. The maximum Gasteiger partial charge on any atom is 0.252 e. The Labute approximate surface area is 144 Å². The number of hydrogen-bond donors (Lipinski definition) is 2. The van der Waals surface area contributed by atoms with Crippen molar-refractivity contribution < 1.29 is 14.3 Å². The predicted molar refractivity (Wildman–Crippen MR) is 88.3 cm³/mol. The fourth-order valence-electron chi connectivity index (χ4n) is 2.42. The van der Waals surface area contributed by atoms with Crippen molar-refractivity contribution in [3.8, 4) is 5.88 Å². The predicted octanol–water partition coefficient (Wildman–Crippen LogP) is 1.99. The molecule has 1 aliphatic heterocycles. The highest BCUT2D eigenvalue weighted by Crippen LogP contribution is 2.25. The van der Waals surface area contributed by atoms with Gasteiger partial charge in [-0.15, -0.1) is 0 Å². The number of carbonyl (C=O) groups is 1. The second-order valence-electron chi connectivity index (χ2n) is 5.52. The van der Waals surface area contributed by atoms with Gasteiger partial charge < -0.3 is 19.8 Å². The summed E-state index contributed by atoms with van der Waals surface area (Å²) in [5, 5.41) is 3.16. The van der Waals surface area contributed by atoms with Crippen molar-refractivity contribution in [1.82, 2.24) is 20.3 Å². The van der Waals surface area contributed by atoms with Gasteiger partial charge in [0.1, 0.15) is 11.1 Å².